The summed E-state index contributed by atoms with van der Waals surface area (Å²) in [5.74, 6) is 0.0903. The van der Waals surface area contributed by atoms with Crippen LogP contribution in [0.3, 0.4) is 0 Å². The van der Waals surface area contributed by atoms with Gasteiger partial charge in [0.1, 0.15) is 18.2 Å². The smallest absolute Gasteiger partial charge is 0.185 e. The molecule has 0 atom stereocenters. The van der Waals surface area contributed by atoms with Gasteiger partial charge in [0, 0.05) is 22.7 Å². The Bertz CT molecular complexity index is 696. The van der Waals surface area contributed by atoms with E-state index in [9.17, 15) is 9.18 Å². The van der Waals surface area contributed by atoms with Crippen LogP contribution in [-0.2, 0) is 4.74 Å². The molecule has 0 fully saturated rings. The van der Waals surface area contributed by atoms with Crippen molar-refractivity contribution >= 4 is 27.8 Å². The Morgan fingerprint density at radius 3 is 2.61 bits per heavy atom. The van der Waals surface area contributed by atoms with Gasteiger partial charge < -0.3 is 9.47 Å². The Kier molecular flexibility index (Phi) is 6.50. The Labute approximate surface area is 142 Å². The van der Waals surface area contributed by atoms with Crippen molar-refractivity contribution < 1.29 is 18.7 Å². The number of hydrogen-bond acceptors (Lipinski definition) is 3. The highest BCUT2D eigenvalue weighted by atomic mass is 79.9. The highest BCUT2D eigenvalue weighted by Crippen LogP contribution is 2.18. The zero-order chi connectivity index (χ0) is 16.7. The lowest BCUT2D eigenvalue weighted by Gasteiger charge is -2.05. The summed E-state index contributed by atoms with van der Waals surface area (Å²) in [6.45, 7) is 0.952. The second kappa shape index (κ2) is 8.60. The van der Waals surface area contributed by atoms with Crippen LogP contribution in [0.2, 0.25) is 0 Å². The van der Waals surface area contributed by atoms with Crippen molar-refractivity contribution in [3.05, 3.63) is 70.0 Å². The zero-order valence-electron chi connectivity index (χ0n) is 12.6. The number of carbonyl (C=O) groups excluding carboxylic acids is 1. The first-order valence-corrected chi connectivity index (χ1v) is 7.78. The molecule has 0 aliphatic rings. The van der Waals surface area contributed by atoms with Crippen LogP contribution in [0.1, 0.15) is 15.9 Å². The van der Waals surface area contributed by atoms with E-state index in [-0.39, 0.29) is 11.6 Å². The Morgan fingerprint density at radius 1 is 1.17 bits per heavy atom. The average Bonchev–Trinajstić information content (AvgIpc) is 2.56. The molecular weight excluding hydrogens is 363 g/mol. The summed E-state index contributed by atoms with van der Waals surface area (Å²) in [6, 6.07) is 11.4. The van der Waals surface area contributed by atoms with Crippen molar-refractivity contribution in [1.82, 2.24) is 0 Å². The van der Waals surface area contributed by atoms with Crippen molar-refractivity contribution in [3.63, 3.8) is 0 Å². The number of hydrogen-bond donors (Lipinski definition) is 0. The molecule has 0 heterocycles. The average molecular weight is 379 g/mol. The maximum atomic E-state index is 13.6. The van der Waals surface area contributed by atoms with Crippen molar-refractivity contribution in [2.75, 3.05) is 20.3 Å². The monoisotopic (exact) mass is 378 g/mol. The molecule has 0 radical (unpaired) electrons. The van der Waals surface area contributed by atoms with Crippen molar-refractivity contribution in [2.24, 2.45) is 0 Å². The highest BCUT2D eigenvalue weighted by Gasteiger charge is 2.04. The number of rotatable bonds is 7. The van der Waals surface area contributed by atoms with Gasteiger partial charge in [-0.1, -0.05) is 15.9 Å². The van der Waals surface area contributed by atoms with E-state index in [1.54, 1.807) is 43.5 Å². The molecule has 0 saturated carbocycles. The Balaban J connectivity index is 2.02. The third kappa shape index (κ3) is 5.30. The number of ether oxygens (including phenoxy) is 2. The Morgan fingerprint density at radius 2 is 1.91 bits per heavy atom. The summed E-state index contributed by atoms with van der Waals surface area (Å²) in [4.78, 5) is 12.1. The second-order valence-electron chi connectivity index (χ2n) is 4.73. The zero-order valence-corrected chi connectivity index (χ0v) is 14.2. The molecule has 0 aliphatic heterocycles. The maximum absolute atomic E-state index is 13.6. The van der Waals surface area contributed by atoms with Gasteiger partial charge in [-0.3, -0.25) is 4.79 Å². The third-order valence-electron chi connectivity index (χ3n) is 3.07. The number of allylic oxidation sites excluding steroid dienone is 1. The maximum Gasteiger partial charge on any atom is 0.185 e. The minimum absolute atomic E-state index is 0.201. The molecule has 0 N–H and O–H groups in total. The van der Waals surface area contributed by atoms with Crippen LogP contribution in [-0.4, -0.2) is 26.1 Å². The summed E-state index contributed by atoms with van der Waals surface area (Å²) < 4.78 is 24.7. The first-order valence-electron chi connectivity index (χ1n) is 6.99. The van der Waals surface area contributed by atoms with Crippen LogP contribution in [0.4, 0.5) is 4.39 Å². The summed E-state index contributed by atoms with van der Waals surface area (Å²) in [5, 5.41) is 0. The lowest BCUT2D eigenvalue weighted by molar-refractivity contribution is 0.104. The molecule has 3 nitrogen and oxygen atoms in total. The molecule has 120 valence electrons. The van der Waals surface area contributed by atoms with Crippen molar-refractivity contribution in [1.29, 1.82) is 0 Å². The number of methoxy groups -OCH3 is 1. The van der Waals surface area contributed by atoms with Crippen LogP contribution in [0, 0.1) is 5.82 Å². The van der Waals surface area contributed by atoms with Crippen LogP contribution in [0.15, 0.2) is 53.0 Å². The van der Waals surface area contributed by atoms with Crippen LogP contribution < -0.4 is 4.74 Å². The molecule has 0 unspecified atom stereocenters. The fourth-order valence-electron chi connectivity index (χ4n) is 1.86. The molecule has 0 saturated heterocycles. The van der Waals surface area contributed by atoms with E-state index in [1.807, 2.05) is 0 Å². The molecule has 23 heavy (non-hydrogen) atoms. The lowest BCUT2D eigenvalue weighted by atomic mass is 10.1. The molecule has 0 spiro atoms. The molecule has 2 aromatic rings. The quantitative estimate of drug-likeness (QED) is 0.404. The summed E-state index contributed by atoms with van der Waals surface area (Å²) in [7, 11) is 1.60. The van der Waals surface area contributed by atoms with E-state index in [2.05, 4.69) is 15.9 Å². The molecule has 0 amide bonds. The molecule has 5 heteroatoms. The van der Waals surface area contributed by atoms with Crippen LogP contribution in [0.25, 0.3) is 6.08 Å². The van der Waals surface area contributed by atoms with E-state index in [1.165, 1.54) is 18.2 Å². The predicted molar refractivity (Wildman–Crippen MR) is 91.3 cm³/mol. The minimum atomic E-state index is -0.376. The molecule has 0 aliphatic carbocycles. The van der Waals surface area contributed by atoms with Gasteiger partial charge >= 0.3 is 0 Å². The van der Waals surface area contributed by atoms with Crippen molar-refractivity contribution in [3.8, 4) is 5.75 Å². The van der Waals surface area contributed by atoms with E-state index >= 15 is 0 Å². The van der Waals surface area contributed by atoms with Gasteiger partial charge in [-0.15, -0.1) is 0 Å². The number of halogens is 2. The van der Waals surface area contributed by atoms with Crippen molar-refractivity contribution in [2.45, 2.75) is 0 Å². The SMILES string of the molecule is COCCOc1ccc(C(=O)C=Cc2cc(Br)ccc2F)cc1. The summed E-state index contributed by atoms with van der Waals surface area (Å²) >= 11 is 3.27. The van der Waals surface area contributed by atoms with Gasteiger partial charge in [0.05, 0.1) is 6.61 Å². The fourth-order valence-corrected chi connectivity index (χ4v) is 2.24. The number of carbonyl (C=O) groups is 1. The van der Waals surface area contributed by atoms with E-state index in [0.29, 0.717) is 30.1 Å². The molecule has 0 bridgehead atoms. The van der Waals surface area contributed by atoms with Gasteiger partial charge in [-0.25, -0.2) is 4.39 Å². The van der Waals surface area contributed by atoms with Gasteiger partial charge in [-0.2, -0.15) is 0 Å². The van der Waals surface area contributed by atoms with Gasteiger partial charge in [0.15, 0.2) is 5.78 Å². The first kappa shape index (κ1) is 17.4. The number of benzene rings is 2. The highest BCUT2D eigenvalue weighted by molar-refractivity contribution is 9.10. The largest absolute Gasteiger partial charge is 0.491 e. The molecule has 0 aromatic heterocycles. The van der Waals surface area contributed by atoms with E-state index in [4.69, 9.17) is 9.47 Å². The van der Waals surface area contributed by atoms with Crippen LogP contribution in [0.5, 0.6) is 5.75 Å². The van der Waals surface area contributed by atoms with E-state index in [0.717, 1.165) is 4.47 Å². The number of ketones is 1. The standard InChI is InChI=1S/C18H16BrFO3/c1-22-10-11-23-16-6-2-13(3-7-16)18(21)9-4-14-12-15(19)5-8-17(14)20/h2-9,12H,10-11H2,1H3. The Hall–Kier alpha value is -1.98. The van der Waals surface area contributed by atoms with Gasteiger partial charge in [0.2, 0.25) is 0 Å². The minimum Gasteiger partial charge on any atom is -0.491 e. The summed E-state index contributed by atoms with van der Waals surface area (Å²) in [5.41, 5.74) is 0.864. The van der Waals surface area contributed by atoms with Crippen LogP contribution >= 0.6 is 15.9 Å². The molecular formula is C18H16BrFO3. The van der Waals surface area contributed by atoms with Gasteiger partial charge in [-0.05, 0) is 54.6 Å². The topological polar surface area (TPSA) is 35.5 Å². The second-order valence-corrected chi connectivity index (χ2v) is 5.64. The third-order valence-corrected chi connectivity index (χ3v) is 3.56. The van der Waals surface area contributed by atoms with E-state index < -0.39 is 0 Å². The van der Waals surface area contributed by atoms with Gasteiger partial charge in [0.25, 0.3) is 0 Å². The molecule has 2 rings (SSSR count). The summed E-state index contributed by atoms with van der Waals surface area (Å²) in [6.07, 6.45) is 2.82. The lowest BCUT2D eigenvalue weighted by Crippen LogP contribution is -2.04. The normalized spacial score (nSPS) is 10.9. The molecule has 2 aromatic carbocycles. The predicted octanol–water partition coefficient (Wildman–Crippen LogP) is 4.51. The fraction of sp³-hybridized carbons (Fsp3) is 0.167. The first-order chi connectivity index (χ1) is 11.1.